The monoisotopic (exact) mass is 608 g/mol. The maximum atomic E-state index is 7.17. The topological polar surface area (TPSA) is 6.48 Å². The SMILES string of the molecule is CCCc1cccc(C(C)CC)c1N1CCN(\C=C(/C=C/C=C\C(C)CC)C(C)CC)C1(C(C)CC)C(Cl)(Cl)Cl. The summed E-state index contributed by atoms with van der Waals surface area (Å²) in [5.74, 6) is 1.47. The van der Waals surface area contributed by atoms with Gasteiger partial charge in [0.05, 0.1) is 0 Å². The van der Waals surface area contributed by atoms with Crippen LogP contribution in [0.25, 0.3) is 0 Å². The number of alkyl halides is 3. The van der Waals surface area contributed by atoms with Gasteiger partial charge in [-0.25, -0.2) is 0 Å². The molecule has 0 spiro atoms. The van der Waals surface area contributed by atoms with E-state index in [0.29, 0.717) is 17.8 Å². The summed E-state index contributed by atoms with van der Waals surface area (Å²) < 4.78 is -1.54. The van der Waals surface area contributed by atoms with Crippen molar-refractivity contribution in [2.24, 2.45) is 17.8 Å². The van der Waals surface area contributed by atoms with E-state index < -0.39 is 9.46 Å². The first-order valence-electron chi connectivity index (χ1n) is 15.7. The Morgan fingerprint density at radius 2 is 1.62 bits per heavy atom. The fraction of sp³-hybridized carbons (Fsp3) is 0.657. The Balaban J connectivity index is 2.83. The van der Waals surface area contributed by atoms with Crippen LogP contribution in [0.15, 0.2) is 54.3 Å². The van der Waals surface area contributed by atoms with Gasteiger partial charge in [0.1, 0.15) is 0 Å². The van der Waals surface area contributed by atoms with Gasteiger partial charge in [0.25, 0.3) is 0 Å². The van der Waals surface area contributed by atoms with Crippen LogP contribution >= 0.6 is 34.8 Å². The summed E-state index contributed by atoms with van der Waals surface area (Å²) in [7, 11) is 0. The molecule has 1 aromatic rings. The quantitative estimate of drug-likeness (QED) is 0.153. The molecule has 5 heteroatoms. The highest BCUT2D eigenvalue weighted by Crippen LogP contribution is 2.55. The third-order valence-corrected chi connectivity index (χ3v) is 10.0. The molecule has 1 aliphatic rings. The van der Waals surface area contributed by atoms with Crippen molar-refractivity contribution in [1.82, 2.24) is 4.90 Å². The smallest absolute Gasteiger partial charge is 0.232 e. The molecule has 0 amide bonds. The van der Waals surface area contributed by atoms with Crippen LogP contribution < -0.4 is 4.90 Å². The number of halogens is 3. The van der Waals surface area contributed by atoms with E-state index in [4.69, 9.17) is 34.8 Å². The molecule has 40 heavy (non-hydrogen) atoms. The van der Waals surface area contributed by atoms with E-state index in [1.165, 1.54) is 22.4 Å². The van der Waals surface area contributed by atoms with Crippen LogP contribution in [0.5, 0.6) is 0 Å². The van der Waals surface area contributed by atoms with Crippen LogP contribution in [-0.4, -0.2) is 27.4 Å². The molecule has 1 aliphatic heterocycles. The van der Waals surface area contributed by atoms with E-state index >= 15 is 0 Å². The molecule has 5 atom stereocenters. The number of aryl methyl sites for hydroxylation is 1. The van der Waals surface area contributed by atoms with E-state index in [0.717, 1.165) is 51.6 Å². The van der Waals surface area contributed by atoms with Gasteiger partial charge in [-0.2, -0.15) is 0 Å². The molecule has 226 valence electrons. The molecule has 5 unspecified atom stereocenters. The molecule has 0 N–H and O–H groups in total. The van der Waals surface area contributed by atoms with Crippen LogP contribution in [0.1, 0.15) is 111 Å². The van der Waals surface area contributed by atoms with Crippen molar-refractivity contribution in [2.75, 3.05) is 18.0 Å². The average molecular weight is 610 g/mol. The number of rotatable bonds is 14. The fourth-order valence-corrected chi connectivity index (χ4v) is 7.10. The van der Waals surface area contributed by atoms with Crippen molar-refractivity contribution < 1.29 is 0 Å². The summed E-state index contributed by atoms with van der Waals surface area (Å²) in [5.41, 5.74) is 4.43. The number of anilines is 1. The molecule has 0 aromatic heterocycles. The molecule has 1 heterocycles. The summed E-state index contributed by atoms with van der Waals surface area (Å²) in [6.07, 6.45) is 17.4. The number of allylic oxidation sites excluding steroid dienone is 5. The molecule has 1 fully saturated rings. The summed E-state index contributed by atoms with van der Waals surface area (Å²) in [6, 6.07) is 6.78. The summed E-state index contributed by atoms with van der Waals surface area (Å²) in [4.78, 5) is 4.86. The molecule has 0 aliphatic carbocycles. The third kappa shape index (κ3) is 7.64. The zero-order chi connectivity index (χ0) is 30.1. The predicted molar refractivity (Wildman–Crippen MR) is 181 cm³/mol. The number of benzene rings is 1. The highest BCUT2D eigenvalue weighted by Gasteiger charge is 2.62. The second-order valence-corrected chi connectivity index (χ2v) is 14.1. The minimum Gasteiger partial charge on any atom is -0.349 e. The normalized spacial score (nSPS) is 21.9. The Labute approximate surface area is 261 Å². The summed E-state index contributed by atoms with van der Waals surface area (Å²) in [5, 5.41) is 0. The first-order chi connectivity index (χ1) is 18.9. The highest BCUT2D eigenvalue weighted by atomic mass is 35.6. The first kappa shape index (κ1) is 35.1. The van der Waals surface area contributed by atoms with Gasteiger partial charge in [0, 0.05) is 30.9 Å². The van der Waals surface area contributed by atoms with Crippen LogP contribution in [0.3, 0.4) is 0 Å². The lowest BCUT2D eigenvalue weighted by atomic mass is 9.86. The second kappa shape index (κ2) is 15.9. The maximum absolute atomic E-state index is 7.17. The maximum Gasteiger partial charge on any atom is 0.232 e. The minimum absolute atomic E-state index is 0.102. The molecular formula is C35H55Cl3N2. The molecule has 1 aromatic carbocycles. The molecule has 1 saturated heterocycles. The Morgan fingerprint density at radius 1 is 0.925 bits per heavy atom. The lowest BCUT2D eigenvalue weighted by molar-refractivity contribution is 0.126. The van der Waals surface area contributed by atoms with Gasteiger partial charge in [0.15, 0.2) is 5.66 Å². The van der Waals surface area contributed by atoms with Gasteiger partial charge < -0.3 is 9.80 Å². The molecule has 0 saturated carbocycles. The molecule has 0 bridgehead atoms. The number of nitrogens with zero attached hydrogens (tertiary/aromatic N) is 2. The van der Waals surface area contributed by atoms with Crippen molar-refractivity contribution in [2.45, 2.75) is 116 Å². The Kier molecular flexibility index (Phi) is 14.0. The predicted octanol–water partition coefficient (Wildman–Crippen LogP) is 11.5. The van der Waals surface area contributed by atoms with Crippen molar-refractivity contribution in [1.29, 1.82) is 0 Å². The van der Waals surface area contributed by atoms with Crippen LogP contribution in [0.4, 0.5) is 5.69 Å². The van der Waals surface area contributed by atoms with Crippen LogP contribution in [0, 0.1) is 17.8 Å². The van der Waals surface area contributed by atoms with E-state index in [1.54, 1.807) is 0 Å². The van der Waals surface area contributed by atoms with Crippen molar-refractivity contribution in [3.05, 3.63) is 65.4 Å². The number of para-hydroxylation sites is 1. The minimum atomic E-state index is -1.54. The van der Waals surface area contributed by atoms with Gasteiger partial charge in [0.2, 0.25) is 3.79 Å². The van der Waals surface area contributed by atoms with E-state index in [9.17, 15) is 0 Å². The van der Waals surface area contributed by atoms with Gasteiger partial charge >= 0.3 is 0 Å². The largest absolute Gasteiger partial charge is 0.349 e. The van der Waals surface area contributed by atoms with Crippen molar-refractivity contribution in [3.63, 3.8) is 0 Å². The lowest BCUT2D eigenvalue weighted by Gasteiger charge is -2.53. The Morgan fingerprint density at radius 3 is 2.17 bits per heavy atom. The van der Waals surface area contributed by atoms with Gasteiger partial charge in [-0.1, -0.05) is 152 Å². The fourth-order valence-electron chi connectivity index (χ4n) is 5.91. The number of hydrogen-bond acceptors (Lipinski definition) is 2. The van der Waals surface area contributed by atoms with Gasteiger partial charge in [-0.05, 0) is 60.1 Å². The summed E-state index contributed by atoms with van der Waals surface area (Å²) >= 11 is 21.5. The Bertz CT molecular complexity index is 1010. The summed E-state index contributed by atoms with van der Waals surface area (Å²) in [6.45, 7) is 21.9. The average Bonchev–Trinajstić information content (AvgIpc) is 3.32. The standard InChI is InChI=1S/C35H55Cl3N2/c1-10-18-30-21-17-22-32(28(8)13-4)33(30)40-24-23-39(34(40,29(9)14-5)35(36,37)38)25-31(27(7)12-3)20-16-15-19-26(6)11-2/h15-17,19-22,25-29H,10-14,18,23-24H2,1-9H3/b19-15-,20-16+,31-25+. The van der Waals surface area contributed by atoms with E-state index in [-0.39, 0.29) is 5.92 Å². The van der Waals surface area contributed by atoms with Crippen molar-refractivity contribution in [3.8, 4) is 0 Å². The van der Waals surface area contributed by atoms with Crippen LogP contribution in [-0.2, 0) is 6.42 Å². The zero-order valence-corrected chi connectivity index (χ0v) is 28.9. The molecular weight excluding hydrogens is 555 g/mol. The first-order valence-corrected chi connectivity index (χ1v) is 16.9. The third-order valence-electron chi connectivity index (χ3n) is 9.18. The highest BCUT2D eigenvalue weighted by molar-refractivity contribution is 6.68. The van der Waals surface area contributed by atoms with Gasteiger partial charge in [-0.3, -0.25) is 0 Å². The molecule has 2 nitrogen and oxygen atoms in total. The molecule has 2 rings (SSSR count). The Hall–Kier alpha value is -1.09. The lowest BCUT2D eigenvalue weighted by Crippen LogP contribution is -2.65. The van der Waals surface area contributed by atoms with Gasteiger partial charge in [-0.15, -0.1) is 0 Å². The molecule has 0 radical (unpaired) electrons. The zero-order valence-electron chi connectivity index (χ0n) is 26.6. The van der Waals surface area contributed by atoms with E-state index in [2.05, 4.69) is 121 Å². The second-order valence-electron chi connectivity index (χ2n) is 11.9. The number of hydrogen-bond donors (Lipinski definition) is 0. The van der Waals surface area contributed by atoms with E-state index in [1.807, 2.05) is 0 Å². The van der Waals surface area contributed by atoms with Crippen molar-refractivity contribution >= 4 is 40.5 Å². The van der Waals surface area contributed by atoms with Crippen LogP contribution in [0.2, 0.25) is 0 Å².